The summed E-state index contributed by atoms with van der Waals surface area (Å²) in [6, 6.07) is 1.75. The molecule has 10 heavy (non-hydrogen) atoms. The third-order valence-corrected chi connectivity index (χ3v) is 1.06. The van der Waals surface area contributed by atoms with Gasteiger partial charge in [0.05, 0.1) is 6.20 Å². The molecule has 4 nitrogen and oxygen atoms in total. The molecular weight excluding hydrogens is 130 g/mol. The average Bonchev–Trinajstić information content (AvgIpc) is 2.40. The van der Waals surface area contributed by atoms with Crippen LogP contribution in [0.25, 0.3) is 0 Å². The van der Waals surface area contributed by atoms with Gasteiger partial charge < -0.3 is 0 Å². The Morgan fingerprint density at radius 1 is 1.80 bits per heavy atom. The Morgan fingerprint density at radius 2 is 2.60 bits per heavy atom. The van der Waals surface area contributed by atoms with Gasteiger partial charge in [-0.1, -0.05) is 6.92 Å². The molecule has 0 atom stereocenters. The van der Waals surface area contributed by atoms with E-state index in [0.29, 0.717) is 6.42 Å². The molecule has 0 bridgehead atoms. The van der Waals surface area contributed by atoms with E-state index in [9.17, 15) is 4.79 Å². The van der Waals surface area contributed by atoms with Crippen LogP contribution in [-0.4, -0.2) is 15.8 Å². The Labute approximate surface area is 58.8 Å². The van der Waals surface area contributed by atoms with Crippen LogP contribution in [0.1, 0.15) is 13.3 Å². The van der Waals surface area contributed by atoms with E-state index in [1.807, 2.05) is 0 Å². The van der Waals surface area contributed by atoms with Crippen LogP contribution in [-0.2, 0) is 4.79 Å². The topological polar surface area (TPSA) is 46.9 Å². The predicted molar refractivity (Wildman–Crippen MR) is 36.9 cm³/mol. The van der Waals surface area contributed by atoms with E-state index in [4.69, 9.17) is 0 Å². The molecular formula is C6H9N3O. The van der Waals surface area contributed by atoms with Gasteiger partial charge in [0.1, 0.15) is 0 Å². The molecule has 4 heteroatoms. The minimum Gasteiger partial charge on any atom is -0.273 e. The second-order valence-electron chi connectivity index (χ2n) is 1.84. The monoisotopic (exact) mass is 139 g/mol. The van der Waals surface area contributed by atoms with Gasteiger partial charge in [-0.3, -0.25) is 4.79 Å². The Hall–Kier alpha value is -1.32. The number of carbonyl (C=O) groups is 1. The first-order valence-electron chi connectivity index (χ1n) is 3.12. The molecule has 0 aliphatic carbocycles. The summed E-state index contributed by atoms with van der Waals surface area (Å²) in [5.74, 6) is -0.0382. The summed E-state index contributed by atoms with van der Waals surface area (Å²) >= 11 is 0. The zero-order chi connectivity index (χ0) is 7.40. The maximum Gasteiger partial charge on any atom is 0.239 e. The molecule has 1 amide bonds. The fourth-order valence-corrected chi connectivity index (χ4v) is 0.542. The Bertz CT molecular complexity index is 205. The van der Waals surface area contributed by atoms with Crippen LogP contribution in [0.2, 0.25) is 0 Å². The Morgan fingerprint density at radius 3 is 3.10 bits per heavy atom. The van der Waals surface area contributed by atoms with Gasteiger partial charge in [-0.15, -0.1) is 0 Å². The third kappa shape index (κ3) is 1.58. The van der Waals surface area contributed by atoms with Crippen LogP contribution < -0.4 is 5.43 Å². The van der Waals surface area contributed by atoms with Crippen molar-refractivity contribution < 1.29 is 4.79 Å². The number of nitrogens with zero attached hydrogens (tertiary/aromatic N) is 2. The van der Waals surface area contributed by atoms with Crippen LogP contribution in [0.4, 0.5) is 0 Å². The van der Waals surface area contributed by atoms with Gasteiger partial charge in [-0.2, -0.15) is 9.89 Å². The molecule has 0 aliphatic rings. The standard InChI is InChI=1S/C6H9N3O/c1-2-6(10)8-9-5-3-4-7-9/h3-5H,2H2,1H3,(H,8,10). The lowest BCUT2D eigenvalue weighted by Crippen LogP contribution is -2.21. The summed E-state index contributed by atoms with van der Waals surface area (Å²) in [6.07, 6.45) is 3.75. The summed E-state index contributed by atoms with van der Waals surface area (Å²) in [5.41, 5.74) is 2.54. The van der Waals surface area contributed by atoms with Crippen LogP contribution >= 0.6 is 0 Å². The third-order valence-electron chi connectivity index (χ3n) is 1.06. The highest BCUT2D eigenvalue weighted by Crippen LogP contribution is 1.81. The lowest BCUT2D eigenvalue weighted by Gasteiger charge is -2.00. The molecule has 0 saturated heterocycles. The zero-order valence-corrected chi connectivity index (χ0v) is 5.74. The number of hydrogen-bond donors (Lipinski definition) is 1. The van der Waals surface area contributed by atoms with Crippen molar-refractivity contribution in [3.05, 3.63) is 18.5 Å². The molecule has 0 spiro atoms. The fraction of sp³-hybridized carbons (Fsp3) is 0.333. The number of amides is 1. The molecule has 0 aliphatic heterocycles. The first-order valence-corrected chi connectivity index (χ1v) is 3.12. The Kier molecular flexibility index (Phi) is 2.04. The van der Waals surface area contributed by atoms with Gasteiger partial charge >= 0.3 is 0 Å². The van der Waals surface area contributed by atoms with Crippen molar-refractivity contribution in [2.24, 2.45) is 0 Å². The second-order valence-corrected chi connectivity index (χ2v) is 1.84. The van der Waals surface area contributed by atoms with Crippen molar-refractivity contribution in [1.82, 2.24) is 9.89 Å². The van der Waals surface area contributed by atoms with Crippen molar-refractivity contribution in [2.45, 2.75) is 13.3 Å². The van der Waals surface area contributed by atoms with E-state index in [-0.39, 0.29) is 5.91 Å². The van der Waals surface area contributed by atoms with Crippen LogP contribution in [0.5, 0.6) is 0 Å². The molecule has 1 heterocycles. The van der Waals surface area contributed by atoms with E-state index in [2.05, 4.69) is 10.5 Å². The van der Waals surface area contributed by atoms with Crippen molar-refractivity contribution in [3.63, 3.8) is 0 Å². The second kappa shape index (κ2) is 3.00. The molecule has 0 saturated carbocycles. The van der Waals surface area contributed by atoms with E-state index in [1.165, 1.54) is 4.79 Å². The van der Waals surface area contributed by atoms with Gasteiger partial charge in [0.25, 0.3) is 0 Å². The lowest BCUT2D eigenvalue weighted by atomic mass is 10.5. The molecule has 0 radical (unpaired) electrons. The SMILES string of the molecule is CCC(=O)Nn1cccn1. The fourth-order valence-electron chi connectivity index (χ4n) is 0.542. The van der Waals surface area contributed by atoms with Crippen molar-refractivity contribution in [2.75, 3.05) is 5.43 Å². The van der Waals surface area contributed by atoms with E-state index in [1.54, 1.807) is 25.4 Å². The van der Waals surface area contributed by atoms with Gasteiger partial charge in [-0.25, -0.2) is 5.43 Å². The summed E-state index contributed by atoms with van der Waals surface area (Å²) in [5, 5.41) is 3.79. The Balaban J connectivity index is 2.48. The predicted octanol–water partition coefficient (Wildman–Crippen LogP) is 0.363. The van der Waals surface area contributed by atoms with Crippen LogP contribution in [0.15, 0.2) is 18.5 Å². The number of rotatable bonds is 2. The summed E-state index contributed by atoms with van der Waals surface area (Å²) < 4.78 is 0. The number of nitrogens with one attached hydrogen (secondary N) is 1. The van der Waals surface area contributed by atoms with Crippen LogP contribution in [0.3, 0.4) is 0 Å². The van der Waals surface area contributed by atoms with Crippen LogP contribution in [0, 0.1) is 0 Å². The summed E-state index contributed by atoms with van der Waals surface area (Å²) in [4.78, 5) is 12.1. The molecule has 0 aromatic carbocycles. The minimum atomic E-state index is -0.0382. The maximum absolute atomic E-state index is 10.7. The average molecular weight is 139 g/mol. The van der Waals surface area contributed by atoms with E-state index >= 15 is 0 Å². The summed E-state index contributed by atoms with van der Waals surface area (Å²) in [6.45, 7) is 1.79. The molecule has 1 N–H and O–H groups in total. The number of aromatic nitrogens is 2. The normalized spacial score (nSPS) is 9.30. The molecule has 0 unspecified atom stereocenters. The highest BCUT2D eigenvalue weighted by Gasteiger charge is 1.94. The van der Waals surface area contributed by atoms with Crippen molar-refractivity contribution in [1.29, 1.82) is 0 Å². The minimum absolute atomic E-state index is 0.0382. The largest absolute Gasteiger partial charge is 0.273 e. The summed E-state index contributed by atoms with van der Waals surface area (Å²) in [7, 11) is 0. The van der Waals surface area contributed by atoms with Gasteiger partial charge in [0, 0.05) is 12.6 Å². The number of hydrogen-bond acceptors (Lipinski definition) is 2. The van der Waals surface area contributed by atoms with E-state index in [0.717, 1.165) is 0 Å². The molecule has 1 rings (SSSR count). The first kappa shape index (κ1) is 6.80. The zero-order valence-electron chi connectivity index (χ0n) is 5.74. The highest BCUT2D eigenvalue weighted by atomic mass is 16.2. The molecule has 54 valence electrons. The van der Waals surface area contributed by atoms with Gasteiger partial charge in [0.15, 0.2) is 0 Å². The van der Waals surface area contributed by atoms with Crippen molar-refractivity contribution >= 4 is 5.91 Å². The van der Waals surface area contributed by atoms with Gasteiger partial charge in [0.2, 0.25) is 5.91 Å². The van der Waals surface area contributed by atoms with Crippen molar-refractivity contribution in [3.8, 4) is 0 Å². The maximum atomic E-state index is 10.7. The first-order chi connectivity index (χ1) is 4.83. The highest BCUT2D eigenvalue weighted by molar-refractivity contribution is 5.83. The quantitative estimate of drug-likeness (QED) is 0.643. The molecule has 0 fully saturated rings. The van der Waals surface area contributed by atoms with Gasteiger partial charge in [-0.05, 0) is 6.07 Å². The lowest BCUT2D eigenvalue weighted by molar-refractivity contribution is -0.116. The van der Waals surface area contributed by atoms with E-state index < -0.39 is 0 Å². The molecule has 1 aromatic rings. The number of carbonyl (C=O) groups excluding carboxylic acids is 1. The molecule has 1 aromatic heterocycles. The smallest absolute Gasteiger partial charge is 0.239 e.